The molecule has 0 N–H and O–H groups in total. The van der Waals surface area contributed by atoms with Gasteiger partial charge in [-0.15, -0.1) is 13.2 Å². The van der Waals surface area contributed by atoms with E-state index < -0.39 is 19.1 Å². The average molecular weight is 194 g/mol. The summed E-state index contributed by atoms with van der Waals surface area (Å²) in [7, 11) is 0. The number of rotatable bonds is 4. The molecule has 0 amide bonds. The second-order valence-corrected chi connectivity index (χ2v) is 1.80. The number of hydrogen-bond donors (Lipinski definition) is 0. The van der Waals surface area contributed by atoms with E-state index in [4.69, 9.17) is 0 Å². The lowest BCUT2D eigenvalue weighted by Gasteiger charge is -2.16. The predicted molar refractivity (Wildman–Crippen MR) is 28.6 cm³/mol. The molecule has 0 aromatic rings. The standard InChI is InChI=1S/C5H7F5O2/c1-2-11-4(6,7)3-12-5(8,9)10/h2-3H2,1H3. The second kappa shape index (κ2) is 3.99. The number of halogens is 5. The van der Waals surface area contributed by atoms with E-state index in [-0.39, 0.29) is 6.61 Å². The summed E-state index contributed by atoms with van der Waals surface area (Å²) in [6, 6.07) is 0. The third kappa shape index (κ3) is 6.29. The van der Waals surface area contributed by atoms with E-state index in [9.17, 15) is 22.0 Å². The molecule has 0 spiro atoms. The van der Waals surface area contributed by atoms with Crippen molar-refractivity contribution in [1.82, 2.24) is 0 Å². The summed E-state index contributed by atoms with van der Waals surface area (Å²) in [4.78, 5) is 0. The molecule has 0 fully saturated rings. The van der Waals surface area contributed by atoms with Crippen molar-refractivity contribution < 1.29 is 31.4 Å². The first kappa shape index (κ1) is 11.6. The summed E-state index contributed by atoms with van der Waals surface area (Å²) in [6.07, 6.45) is -8.94. The van der Waals surface area contributed by atoms with Gasteiger partial charge in [-0.1, -0.05) is 0 Å². The molecule has 0 aromatic heterocycles. The van der Waals surface area contributed by atoms with Gasteiger partial charge in [0.15, 0.2) is 0 Å². The van der Waals surface area contributed by atoms with Gasteiger partial charge in [-0.05, 0) is 6.92 Å². The van der Waals surface area contributed by atoms with Gasteiger partial charge >= 0.3 is 12.5 Å². The molecule has 2 nitrogen and oxygen atoms in total. The van der Waals surface area contributed by atoms with E-state index in [0.29, 0.717) is 0 Å². The van der Waals surface area contributed by atoms with Crippen molar-refractivity contribution in [2.24, 2.45) is 0 Å². The molecular weight excluding hydrogens is 187 g/mol. The van der Waals surface area contributed by atoms with Crippen molar-refractivity contribution in [1.29, 1.82) is 0 Å². The molecule has 7 heteroatoms. The Morgan fingerprint density at radius 1 is 1.00 bits per heavy atom. The number of ether oxygens (including phenoxy) is 2. The van der Waals surface area contributed by atoms with Crippen molar-refractivity contribution in [2.45, 2.75) is 19.4 Å². The quantitative estimate of drug-likeness (QED) is 0.638. The van der Waals surface area contributed by atoms with Crippen LogP contribution < -0.4 is 0 Å². The second-order valence-electron chi connectivity index (χ2n) is 1.80. The van der Waals surface area contributed by atoms with Crippen molar-refractivity contribution in [2.75, 3.05) is 13.2 Å². The number of alkyl halides is 5. The van der Waals surface area contributed by atoms with E-state index in [1.54, 1.807) is 0 Å². The average Bonchev–Trinajstić information content (AvgIpc) is 1.83. The lowest BCUT2D eigenvalue weighted by atomic mass is 10.6. The van der Waals surface area contributed by atoms with Crippen molar-refractivity contribution in [3.63, 3.8) is 0 Å². The third-order valence-electron chi connectivity index (χ3n) is 0.759. The Bertz CT molecular complexity index is 132. The van der Waals surface area contributed by atoms with Gasteiger partial charge in [-0.3, -0.25) is 4.74 Å². The zero-order chi connectivity index (χ0) is 9.83. The summed E-state index contributed by atoms with van der Waals surface area (Å²) in [5.41, 5.74) is 0. The van der Waals surface area contributed by atoms with Gasteiger partial charge in [0.25, 0.3) is 0 Å². The molecule has 0 unspecified atom stereocenters. The first-order chi connectivity index (χ1) is 5.27. The molecule has 74 valence electrons. The maximum absolute atomic E-state index is 12.1. The summed E-state index contributed by atoms with van der Waals surface area (Å²) >= 11 is 0. The van der Waals surface area contributed by atoms with Crippen LogP contribution in [0.25, 0.3) is 0 Å². The normalized spacial score (nSPS) is 13.5. The topological polar surface area (TPSA) is 18.5 Å². The summed E-state index contributed by atoms with van der Waals surface area (Å²) in [5.74, 6) is 0. The molecule has 0 aliphatic carbocycles. The van der Waals surface area contributed by atoms with Gasteiger partial charge in [0.2, 0.25) is 0 Å². The van der Waals surface area contributed by atoms with Crippen LogP contribution in [0, 0.1) is 0 Å². The Balaban J connectivity index is 3.75. The highest BCUT2D eigenvalue weighted by Gasteiger charge is 2.38. The molecule has 0 saturated heterocycles. The van der Waals surface area contributed by atoms with Crippen LogP contribution in [-0.4, -0.2) is 25.7 Å². The zero-order valence-electron chi connectivity index (χ0n) is 6.12. The Morgan fingerprint density at radius 3 is 1.83 bits per heavy atom. The van der Waals surface area contributed by atoms with Gasteiger partial charge in [0, 0.05) is 0 Å². The van der Waals surface area contributed by atoms with Crippen LogP contribution in [0.15, 0.2) is 0 Å². The van der Waals surface area contributed by atoms with E-state index >= 15 is 0 Å². The van der Waals surface area contributed by atoms with Crippen LogP contribution in [0.2, 0.25) is 0 Å². The SMILES string of the molecule is CCOC(F)(F)COC(F)(F)F. The van der Waals surface area contributed by atoms with E-state index in [1.807, 2.05) is 0 Å². The smallest absolute Gasteiger partial charge is 0.319 e. The third-order valence-corrected chi connectivity index (χ3v) is 0.759. The van der Waals surface area contributed by atoms with Gasteiger partial charge in [-0.2, -0.15) is 8.78 Å². The first-order valence-corrected chi connectivity index (χ1v) is 2.99. The largest absolute Gasteiger partial charge is 0.522 e. The minimum Gasteiger partial charge on any atom is -0.319 e. The van der Waals surface area contributed by atoms with Crippen LogP contribution in [-0.2, 0) is 9.47 Å². The van der Waals surface area contributed by atoms with Crippen LogP contribution >= 0.6 is 0 Å². The molecule has 0 rings (SSSR count). The molecule has 0 radical (unpaired) electrons. The van der Waals surface area contributed by atoms with E-state index in [1.165, 1.54) is 6.92 Å². The maximum Gasteiger partial charge on any atom is 0.522 e. The molecule has 0 aliphatic heterocycles. The molecule has 0 aliphatic rings. The highest BCUT2D eigenvalue weighted by molar-refractivity contribution is 4.49. The molecule has 12 heavy (non-hydrogen) atoms. The molecule has 0 bridgehead atoms. The van der Waals surface area contributed by atoms with Gasteiger partial charge in [0.05, 0.1) is 6.61 Å². The minimum atomic E-state index is -5.06. The molecule has 0 heterocycles. The van der Waals surface area contributed by atoms with Crippen LogP contribution in [0.4, 0.5) is 22.0 Å². The molecule has 0 saturated carbocycles. The molecular formula is C5H7F5O2. The Labute approximate surface area is 65.3 Å². The Morgan fingerprint density at radius 2 is 1.50 bits per heavy atom. The van der Waals surface area contributed by atoms with Gasteiger partial charge < -0.3 is 4.74 Å². The van der Waals surface area contributed by atoms with E-state index in [2.05, 4.69) is 9.47 Å². The maximum atomic E-state index is 12.1. The zero-order valence-corrected chi connectivity index (χ0v) is 6.12. The fraction of sp³-hybridized carbons (Fsp3) is 1.00. The highest BCUT2D eigenvalue weighted by Crippen LogP contribution is 2.22. The van der Waals surface area contributed by atoms with Crippen LogP contribution in [0.1, 0.15) is 6.92 Å². The lowest BCUT2D eigenvalue weighted by Crippen LogP contribution is -2.31. The van der Waals surface area contributed by atoms with E-state index in [0.717, 1.165) is 0 Å². The Hall–Kier alpha value is -0.430. The molecule has 0 atom stereocenters. The van der Waals surface area contributed by atoms with Crippen LogP contribution in [0.3, 0.4) is 0 Å². The van der Waals surface area contributed by atoms with Crippen molar-refractivity contribution in [3.05, 3.63) is 0 Å². The lowest BCUT2D eigenvalue weighted by molar-refractivity contribution is -0.368. The first-order valence-electron chi connectivity index (χ1n) is 2.99. The highest BCUT2D eigenvalue weighted by atomic mass is 19.4. The fourth-order valence-electron chi connectivity index (χ4n) is 0.419. The summed E-state index contributed by atoms with van der Waals surface area (Å²) < 4.78 is 64.4. The van der Waals surface area contributed by atoms with Gasteiger partial charge in [0.1, 0.15) is 6.61 Å². The van der Waals surface area contributed by atoms with Crippen LogP contribution in [0.5, 0.6) is 0 Å². The number of hydrogen-bond acceptors (Lipinski definition) is 2. The predicted octanol–water partition coefficient (Wildman–Crippen LogP) is 2.15. The van der Waals surface area contributed by atoms with Crippen molar-refractivity contribution >= 4 is 0 Å². The summed E-state index contributed by atoms with van der Waals surface area (Å²) in [5, 5.41) is 0. The minimum absolute atomic E-state index is 0.381. The van der Waals surface area contributed by atoms with Gasteiger partial charge in [-0.25, -0.2) is 0 Å². The molecule has 0 aromatic carbocycles. The Kier molecular flexibility index (Phi) is 3.85. The monoisotopic (exact) mass is 194 g/mol. The fourth-order valence-corrected chi connectivity index (χ4v) is 0.419. The van der Waals surface area contributed by atoms with Crippen molar-refractivity contribution in [3.8, 4) is 0 Å². The summed E-state index contributed by atoms with van der Waals surface area (Å²) in [6.45, 7) is -0.958.